The van der Waals surface area contributed by atoms with Gasteiger partial charge in [-0.2, -0.15) is 0 Å². The second-order valence-electron chi connectivity index (χ2n) is 6.17. The van der Waals surface area contributed by atoms with Gasteiger partial charge in [-0.25, -0.2) is 9.79 Å². The Morgan fingerprint density at radius 2 is 1.79 bits per heavy atom. The lowest BCUT2D eigenvalue weighted by Gasteiger charge is -2.07. The van der Waals surface area contributed by atoms with Crippen LogP contribution in [-0.4, -0.2) is 32.7 Å². The molecule has 0 atom stereocenters. The number of rotatable bonds is 8. The molecule has 1 aliphatic rings. The molecule has 0 unspecified atom stereocenters. The molecular weight excluding hydrogens is 358 g/mol. The van der Waals surface area contributed by atoms with E-state index in [1.807, 2.05) is 24.3 Å². The third-order valence-corrected chi connectivity index (χ3v) is 4.22. The van der Waals surface area contributed by atoms with Crippen molar-refractivity contribution in [2.24, 2.45) is 4.99 Å². The molecule has 0 N–H and O–H groups in total. The molecule has 6 heteroatoms. The quantitative estimate of drug-likeness (QED) is 0.389. The highest BCUT2D eigenvalue weighted by Crippen LogP contribution is 2.28. The number of esters is 1. The van der Waals surface area contributed by atoms with Gasteiger partial charge in [0.05, 0.1) is 20.8 Å². The highest BCUT2D eigenvalue weighted by Gasteiger charge is 2.24. The summed E-state index contributed by atoms with van der Waals surface area (Å²) in [5.74, 6) is 1.79. The number of ether oxygens (including phenoxy) is 4. The summed E-state index contributed by atoms with van der Waals surface area (Å²) in [7, 11) is 3.14. The second-order valence-corrected chi connectivity index (χ2v) is 6.17. The highest BCUT2D eigenvalue weighted by atomic mass is 16.6. The average molecular weight is 381 g/mol. The first kappa shape index (κ1) is 19.5. The van der Waals surface area contributed by atoms with Crippen molar-refractivity contribution in [3.8, 4) is 17.2 Å². The van der Waals surface area contributed by atoms with Gasteiger partial charge in [0.1, 0.15) is 17.2 Å². The third-order valence-electron chi connectivity index (χ3n) is 4.22. The smallest absolute Gasteiger partial charge is 0.363 e. The molecule has 28 heavy (non-hydrogen) atoms. The lowest BCUT2D eigenvalue weighted by atomic mass is 10.1. The molecule has 146 valence electrons. The predicted molar refractivity (Wildman–Crippen MR) is 107 cm³/mol. The first-order chi connectivity index (χ1) is 13.6. The van der Waals surface area contributed by atoms with Gasteiger partial charge in [-0.05, 0) is 48.9 Å². The number of methoxy groups -OCH3 is 2. The summed E-state index contributed by atoms with van der Waals surface area (Å²) >= 11 is 0. The number of unbranched alkanes of at least 4 members (excludes halogenated alkanes) is 1. The van der Waals surface area contributed by atoms with Gasteiger partial charge >= 0.3 is 5.97 Å². The molecule has 2 aromatic rings. The van der Waals surface area contributed by atoms with Crippen LogP contribution in [0, 0.1) is 0 Å². The number of carbonyl (C=O) groups excluding carboxylic acids is 1. The Hall–Kier alpha value is -3.28. The summed E-state index contributed by atoms with van der Waals surface area (Å²) in [6.45, 7) is 2.80. The summed E-state index contributed by atoms with van der Waals surface area (Å²) in [5, 5.41) is 0. The summed E-state index contributed by atoms with van der Waals surface area (Å²) in [4.78, 5) is 16.6. The minimum Gasteiger partial charge on any atom is -0.497 e. The molecule has 1 heterocycles. The van der Waals surface area contributed by atoms with Crippen molar-refractivity contribution in [1.29, 1.82) is 0 Å². The van der Waals surface area contributed by atoms with E-state index in [0.29, 0.717) is 29.2 Å². The zero-order valence-electron chi connectivity index (χ0n) is 16.2. The third kappa shape index (κ3) is 4.52. The van der Waals surface area contributed by atoms with E-state index in [4.69, 9.17) is 18.9 Å². The molecule has 2 aromatic carbocycles. The van der Waals surface area contributed by atoms with Crippen LogP contribution in [0.3, 0.4) is 0 Å². The van der Waals surface area contributed by atoms with Crippen molar-refractivity contribution in [2.75, 3.05) is 20.8 Å². The Balaban J connectivity index is 1.80. The molecule has 0 fully saturated rings. The maximum Gasteiger partial charge on any atom is 0.363 e. The Labute approximate surface area is 164 Å². The summed E-state index contributed by atoms with van der Waals surface area (Å²) in [6, 6.07) is 12.7. The molecule has 0 saturated heterocycles. The van der Waals surface area contributed by atoms with E-state index in [1.54, 1.807) is 38.5 Å². The first-order valence-electron chi connectivity index (χ1n) is 9.12. The topological polar surface area (TPSA) is 66.3 Å². The van der Waals surface area contributed by atoms with E-state index in [-0.39, 0.29) is 11.6 Å². The number of hydrogen-bond acceptors (Lipinski definition) is 6. The van der Waals surface area contributed by atoms with Crippen LogP contribution in [0.15, 0.2) is 53.2 Å². The lowest BCUT2D eigenvalue weighted by Crippen LogP contribution is -2.05. The van der Waals surface area contributed by atoms with Crippen LogP contribution in [0.2, 0.25) is 0 Å². The van der Waals surface area contributed by atoms with Crippen molar-refractivity contribution >= 4 is 17.9 Å². The van der Waals surface area contributed by atoms with Gasteiger partial charge in [0.2, 0.25) is 5.90 Å². The molecule has 1 aliphatic heterocycles. The van der Waals surface area contributed by atoms with E-state index < -0.39 is 5.97 Å². The summed E-state index contributed by atoms with van der Waals surface area (Å²) in [5.41, 5.74) is 1.63. The molecule has 3 rings (SSSR count). The number of aliphatic imine (C=N–C) groups is 1. The van der Waals surface area contributed by atoms with Crippen LogP contribution in [0.4, 0.5) is 0 Å². The van der Waals surface area contributed by atoms with Crippen LogP contribution < -0.4 is 14.2 Å². The number of carbonyl (C=O) groups is 1. The number of cyclic esters (lactones) is 1. The van der Waals surface area contributed by atoms with Crippen LogP contribution in [0.5, 0.6) is 17.2 Å². The normalized spacial score (nSPS) is 14.6. The molecule has 0 spiro atoms. The first-order valence-corrected chi connectivity index (χ1v) is 9.12. The fourth-order valence-corrected chi connectivity index (χ4v) is 2.65. The van der Waals surface area contributed by atoms with Gasteiger partial charge in [-0.3, -0.25) is 0 Å². The largest absolute Gasteiger partial charge is 0.497 e. The highest BCUT2D eigenvalue weighted by molar-refractivity contribution is 6.13. The van der Waals surface area contributed by atoms with E-state index in [2.05, 4.69) is 11.9 Å². The molecule has 0 aromatic heterocycles. The number of nitrogens with zero attached hydrogens (tertiary/aromatic N) is 1. The van der Waals surface area contributed by atoms with E-state index in [0.717, 1.165) is 18.6 Å². The SMILES string of the molecule is CCCCOc1ccc(C2=N/C(=C\c3ccc(OC)cc3OC)C(=O)O2)cc1. The molecule has 0 bridgehead atoms. The van der Waals surface area contributed by atoms with Gasteiger partial charge in [0.15, 0.2) is 5.70 Å². The van der Waals surface area contributed by atoms with Gasteiger partial charge in [-0.1, -0.05) is 13.3 Å². The van der Waals surface area contributed by atoms with Crippen molar-refractivity contribution in [3.63, 3.8) is 0 Å². The molecule has 0 saturated carbocycles. The van der Waals surface area contributed by atoms with Gasteiger partial charge < -0.3 is 18.9 Å². The van der Waals surface area contributed by atoms with Crippen molar-refractivity contribution in [1.82, 2.24) is 0 Å². The summed E-state index contributed by atoms with van der Waals surface area (Å²) < 4.78 is 21.5. The van der Waals surface area contributed by atoms with Crippen LogP contribution in [-0.2, 0) is 9.53 Å². The molecular formula is C22H23NO5. The average Bonchev–Trinajstić information content (AvgIpc) is 3.09. The Bertz CT molecular complexity index is 900. The number of hydrogen-bond donors (Lipinski definition) is 0. The van der Waals surface area contributed by atoms with E-state index >= 15 is 0 Å². The summed E-state index contributed by atoms with van der Waals surface area (Å²) in [6.07, 6.45) is 3.73. The monoisotopic (exact) mass is 381 g/mol. The van der Waals surface area contributed by atoms with E-state index in [9.17, 15) is 4.79 Å². The van der Waals surface area contributed by atoms with Gasteiger partial charge in [-0.15, -0.1) is 0 Å². The van der Waals surface area contributed by atoms with Crippen LogP contribution >= 0.6 is 0 Å². The molecule has 6 nitrogen and oxygen atoms in total. The van der Waals surface area contributed by atoms with Crippen LogP contribution in [0.1, 0.15) is 30.9 Å². The minimum atomic E-state index is -0.504. The van der Waals surface area contributed by atoms with Gasteiger partial charge in [0.25, 0.3) is 0 Å². The zero-order valence-corrected chi connectivity index (χ0v) is 16.2. The van der Waals surface area contributed by atoms with Crippen molar-refractivity contribution in [2.45, 2.75) is 19.8 Å². The Kier molecular flexibility index (Phi) is 6.32. The number of benzene rings is 2. The van der Waals surface area contributed by atoms with Crippen molar-refractivity contribution < 1.29 is 23.7 Å². The van der Waals surface area contributed by atoms with Crippen molar-refractivity contribution in [3.05, 3.63) is 59.3 Å². The molecule has 0 radical (unpaired) electrons. The Morgan fingerprint density at radius 3 is 2.46 bits per heavy atom. The fourth-order valence-electron chi connectivity index (χ4n) is 2.65. The maximum absolute atomic E-state index is 12.2. The van der Waals surface area contributed by atoms with E-state index in [1.165, 1.54) is 0 Å². The Morgan fingerprint density at radius 1 is 1.04 bits per heavy atom. The maximum atomic E-state index is 12.2. The standard InChI is InChI=1S/C22H23NO5/c1-4-5-12-27-17-9-6-15(7-10-17)21-23-19(22(24)28-21)13-16-8-11-18(25-2)14-20(16)26-3/h6-11,13-14H,4-5,12H2,1-3H3/b19-13-. The second kappa shape index (κ2) is 9.08. The van der Waals surface area contributed by atoms with Gasteiger partial charge in [0, 0.05) is 17.2 Å². The fraction of sp³-hybridized carbons (Fsp3) is 0.273. The predicted octanol–water partition coefficient (Wildman–Crippen LogP) is 4.23. The molecule has 0 amide bonds. The molecule has 0 aliphatic carbocycles. The minimum absolute atomic E-state index is 0.210. The van der Waals surface area contributed by atoms with Crippen LogP contribution in [0.25, 0.3) is 6.08 Å². The zero-order chi connectivity index (χ0) is 19.9. The lowest BCUT2D eigenvalue weighted by molar-refractivity contribution is -0.129.